The minimum atomic E-state index is 0.0803. The lowest BCUT2D eigenvalue weighted by Crippen LogP contribution is -2.13. The van der Waals surface area contributed by atoms with Gasteiger partial charge in [0, 0.05) is 24.5 Å². The molecule has 1 aromatic heterocycles. The summed E-state index contributed by atoms with van der Waals surface area (Å²) >= 11 is 0. The Bertz CT molecular complexity index is 497. The Morgan fingerprint density at radius 3 is 2.35 bits per heavy atom. The van der Waals surface area contributed by atoms with Crippen LogP contribution < -0.4 is 5.73 Å². The number of hydrogen-bond acceptors (Lipinski definition) is 1. The summed E-state index contributed by atoms with van der Waals surface area (Å²) in [6.45, 7) is 4.28. The summed E-state index contributed by atoms with van der Waals surface area (Å²) in [5.74, 6) is 0. The van der Waals surface area contributed by atoms with Crippen LogP contribution in [0.25, 0.3) is 0 Å². The standard InChI is InChI=1S/C15H20N2/c1-11-9-14(12(2)17(11)3)10-15(16)13-7-5-4-6-8-13/h4-9,15H,10,16H2,1-3H3. The van der Waals surface area contributed by atoms with Crippen LogP contribution in [-0.4, -0.2) is 4.57 Å². The highest BCUT2D eigenvalue weighted by Crippen LogP contribution is 2.20. The molecule has 0 bridgehead atoms. The van der Waals surface area contributed by atoms with E-state index in [1.54, 1.807) is 0 Å². The van der Waals surface area contributed by atoms with E-state index in [0.717, 1.165) is 6.42 Å². The van der Waals surface area contributed by atoms with Crippen LogP contribution in [0, 0.1) is 13.8 Å². The number of nitrogens with zero attached hydrogens (tertiary/aromatic N) is 1. The van der Waals surface area contributed by atoms with Gasteiger partial charge in [-0.25, -0.2) is 0 Å². The maximum Gasteiger partial charge on any atom is 0.0336 e. The van der Waals surface area contributed by atoms with Crippen LogP contribution in [-0.2, 0) is 13.5 Å². The summed E-state index contributed by atoms with van der Waals surface area (Å²) in [4.78, 5) is 0. The minimum Gasteiger partial charge on any atom is -0.352 e. The van der Waals surface area contributed by atoms with Gasteiger partial charge in [0.2, 0.25) is 0 Å². The van der Waals surface area contributed by atoms with Crippen molar-refractivity contribution in [1.29, 1.82) is 0 Å². The molecule has 0 spiro atoms. The van der Waals surface area contributed by atoms with E-state index in [-0.39, 0.29) is 6.04 Å². The predicted octanol–water partition coefficient (Wildman–Crippen LogP) is 2.88. The van der Waals surface area contributed by atoms with Crippen molar-refractivity contribution in [3.05, 3.63) is 58.9 Å². The van der Waals surface area contributed by atoms with Gasteiger partial charge in [0.15, 0.2) is 0 Å². The Hall–Kier alpha value is -1.54. The molecule has 0 aliphatic heterocycles. The normalized spacial score (nSPS) is 12.7. The summed E-state index contributed by atoms with van der Waals surface area (Å²) in [6.07, 6.45) is 0.900. The Morgan fingerprint density at radius 2 is 1.82 bits per heavy atom. The quantitative estimate of drug-likeness (QED) is 0.860. The lowest BCUT2D eigenvalue weighted by atomic mass is 10.00. The molecule has 2 N–H and O–H groups in total. The molecule has 0 radical (unpaired) electrons. The van der Waals surface area contributed by atoms with Crippen molar-refractivity contribution < 1.29 is 0 Å². The van der Waals surface area contributed by atoms with Crippen LogP contribution in [0.3, 0.4) is 0 Å². The number of rotatable bonds is 3. The zero-order chi connectivity index (χ0) is 12.4. The monoisotopic (exact) mass is 228 g/mol. The van der Waals surface area contributed by atoms with Crippen LogP contribution in [0.2, 0.25) is 0 Å². The fourth-order valence-corrected chi connectivity index (χ4v) is 2.19. The van der Waals surface area contributed by atoms with Gasteiger partial charge in [-0.2, -0.15) is 0 Å². The number of aromatic nitrogens is 1. The average Bonchev–Trinajstić information content (AvgIpc) is 2.58. The molecule has 2 nitrogen and oxygen atoms in total. The zero-order valence-corrected chi connectivity index (χ0v) is 10.8. The Morgan fingerprint density at radius 1 is 1.18 bits per heavy atom. The van der Waals surface area contributed by atoms with Crippen molar-refractivity contribution in [2.45, 2.75) is 26.3 Å². The van der Waals surface area contributed by atoms with E-state index >= 15 is 0 Å². The minimum absolute atomic E-state index is 0.0803. The molecule has 0 amide bonds. The second kappa shape index (κ2) is 4.76. The van der Waals surface area contributed by atoms with Crippen LogP contribution in [0.5, 0.6) is 0 Å². The molecule has 17 heavy (non-hydrogen) atoms. The number of aryl methyl sites for hydroxylation is 1. The Labute approximate surface area is 103 Å². The van der Waals surface area contributed by atoms with Gasteiger partial charge in [-0.05, 0) is 37.5 Å². The van der Waals surface area contributed by atoms with Crippen molar-refractivity contribution in [2.24, 2.45) is 12.8 Å². The topological polar surface area (TPSA) is 30.9 Å². The lowest BCUT2D eigenvalue weighted by molar-refractivity contribution is 0.714. The Balaban J connectivity index is 2.19. The number of nitrogens with two attached hydrogens (primary N) is 1. The summed E-state index contributed by atoms with van der Waals surface area (Å²) in [6, 6.07) is 12.6. The molecule has 2 rings (SSSR count). The molecule has 2 aromatic rings. The third-order valence-corrected chi connectivity index (χ3v) is 3.55. The van der Waals surface area contributed by atoms with E-state index in [4.69, 9.17) is 5.73 Å². The van der Waals surface area contributed by atoms with Gasteiger partial charge >= 0.3 is 0 Å². The third-order valence-electron chi connectivity index (χ3n) is 3.55. The molecular formula is C15H20N2. The van der Waals surface area contributed by atoms with Crippen LogP contribution in [0.15, 0.2) is 36.4 Å². The van der Waals surface area contributed by atoms with E-state index in [0.29, 0.717) is 0 Å². The van der Waals surface area contributed by atoms with E-state index in [1.807, 2.05) is 18.2 Å². The fraction of sp³-hybridized carbons (Fsp3) is 0.333. The van der Waals surface area contributed by atoms with Gasteiger partial charge < -0.3 is 10.3 Å². The summed E-state index contributed by atoms with van der Waals surface area (Å²) in [7, 11) is 2.10. The molecule has 1 unspecified atom stereocenters. The van der Waals surface area contributed by atoms with Crippen molar-refractivity contribution in [3.63, 3.8) is 0 Å². The van der Waals surface area contributed by atoms with Gasteiger partial charge in [0.25, 0.3) is 0 Å². The maximum atomic E-state index is 6.25. The van der Waals surface area contributed by atoms with Crippen LogP contribution >= 0.6 is 0 Å². The van der Waals surface area contributed by atoms with Crippen molar-refractivity contribution in [1.82, 2.24) is 4.57 Å². The lowest BCUT2D eigenvalue weighted by Gasteiger charge is -2.12. The maximum absolute atomic E-state index is 6.25. The highest BCUT2D eigenvalue weighted by Gasteiger charge is 2.11. The second-order valence-corrected chi connectivity index (χ2v) is 4.68. The van der Waals surface area contributed by atoms with E-state index in [1.165, 1.54) is 22.5 Å². The summed E-state index contributed by atoms with van der Waals surface area (Å²) in [5.41, 5.74) is 11.4. The third kappa shape index (κ3) is 2.42. The molecule has 0 saturated carbocycles. The number of hydrogen-bond donors (Lipinski definition) is 1. The molecule has 2 heteroatoms. The molecule has 90 valence electrons. The molecule has 0 saturated heterocycles. The molecule has 1 heterocycles. The predicted molar refractivity (Wildman–Crippen MR) is 72.0 cm³/mol. The average molecular weight is 228 g/mol. The first-order valence-corrected chi connectivity index (χ1v) is 6.02. The molecule has 0 aliphatic carbocycles. The second-order valence-electron chi connectivity index (χ2n) is 4.68. The van der Waals surface area contributed by atoms with Crippen molar-refractivity contribution in [2.75, 3.05) is 0 Å². The van der Waals surface area contributed by atoms with E-state index in [2.05, 4.69) is 43.7 Å². The first-order valence-electron chi connectivity index (χ1n) is 6.02. The van der Waals surface area contributed by atoms with E-state index < -0.39 is 0 Å². The SMILES string of the molecule is Cc1cc(CC(N)c2ccccc2)c(C)n1C. The zero-order valence-electron chi connectivity index (χ0n) is 10.8. The van der Waals surface area contributed by atoms with Gasteiger partial charge in [-0.15, -0.1) is 0 Å². The van der Waals surface area contributed by atoms with E-state index in [9.17, 15) is 0 Å². The molecule has 1 atom stereocenters. The van der Waals surface area contributed by atoms with Crippen molar-refractivity contribution >= 4 is 0 Å². The first kappa shape index (κ1) is 11.9. The molecule has 0 aliphatic rings. The molecular weight excluding hydrogens is 208 g/mol. The highest BCUT2D eigenvalue weighted by molar-refractivity contribution is 5.29. The molecule has 1 aromatic carbocycles. The van der Waals surface area contributed by atoms with Gasteiger partial charge in [0.1, 0.15) is 0 Å². The van der Waals surface area contributed by atoms with Crippen LogP contribution in [0.4, 0.5) is 0 Å². The first-order chi connectivity index (χ1) is 8.09. The van der Waals surface area contributed by atoms with Crippen molar-refractivity contribution in [3.8, 4) is 0 Å². The largest absolute Gasteiger partial charge is 0.352 e. The van der Waals surface area contributed by atoms with Gasteiger partial charge in [-0.1, -0.05) is 30.3 Å². The number of benzene rings is 1. The van der Waals surface area contributed by atoms with Gasteiger partial charge in [-0.3, -0.25) is 0 Å². The van der Waals surface area contributed by atoms with Crippen LogP contribution in [0.1, 0.15) is 28.6 Å². The molecule has 0 fully saturated rings. The smallest absolute Gasteiger partial charge is 0.0336 e. The summed E-state index contributed by atoms with van der Waals surface area (Å²) in [5, 5.41) is 0. The van der Waals surface area contributed by atoms with Gasteiger partial charge in [0.05, 0.1) is 0 Å². The fourth-order valence-electron chi connectivity index (χ4n) is 2.19. The Kier molecular flexibility index (Phi) is 3.34. The highest BCUT2D eigenvalue weighted by atomic mass is 14.9. The summed E-state index contributed by atoms with van der Waals surface area (Å²) < 4.78 is 2.22.